The van der Waals surface area contributed by atoms with Crippen LogP contribution in [0.4, 0.5) is 0 Å². The van der Waals surface area contributed by atoms with Crippen molar-refractivity contribution in [1.82, 2.24) is 15.5 Å². The first-order chi connectivity index (χ1) is 10.4. The summed E-state index contributed by atoms with van der Waals surface area (Å²) < 4.78 is 5.58. The topological polar surface area (TPSA) is 48.9 Å². The average Bonchev–Trinajstić information content (AvgIpc) is 2.89. The molecule has 0 spiro atoms. The largest absolute Gasteiger partial charge is 0.379 e. The van der Waals surface area contributed by atoms with Gasteiger partial charge < -0.3 is 20.3 Å². The Balaban J connectivity index is 2.31. The van der Waals surface area contributed by atoms with Crippen LogP contribution in [0, 0.1) is 11.3 Å². The zero-order valence-electron chi connectivity index (χ0n) is 15.4. The van der Waals surface area contributed by atoms with Gasteiger partial charge in [0, 0.05) is 33.8 Å². The molecule has 1 rings (SSSR count). The second kappa shape index (κ2) is 9.36. The summed E-state index contributed by atoms with van der Waals surface area (Å²) in [7, 11) is 3.60. The summed E-state index contributed by atoms with van der Waals surface area (Å²) in [4.78, 5) is 6.88. The third-order valence-corrected chi connectivity index (χ3v) is 4.40. The molecule has 0 aliphatic carbocycles. The molecule has 0 aromatic heterocycles. The Kier molecular flexibility index (Phi) is 8.18. The van der Waals surface area contributed by atoms with E-state index < -0.39 is 0 Å². The van der Waals surface area contributed by atoms with E-state index in [0.717, 1.165) is 25.0 Å². The average molecular weight is 313 g/mol. The lowest BCUT2D eigenvalue weighted by atomic mass is 9.89. The monoisotopic (exact) mass is 312 g/mol. The van der Waals surface area contributed by atoms with Gasteiger partial charge in [0.1, 0.15) is 0 Å². The van der Waals surface area contributed by atoms with Crippen molar-refractivity contribution in [1.29, 1.82) is 0 Å². The second-order valence-electron chi connectivity index (χ2n) is 7.38. The van der Waals surface area contributed by atoms with Crippen molar-refractivity contribution in [3.63, 3.8) is 0 Å². The molecule has 2 atom stereocenters. The molecule has 1 heterocycles. The maximum atomic E-state index is 5.58. The van der Waals surface area contributed by atoms with E-state index in [0.29, 0.717) is 0 Å². The predicted molar refractivity (Wildman–Crippen MR) is 94.5 cm³/mol. The molecule has 0 saturated carbocycles. The van der Waals surface area contributed by atoms with Crippen LogP contribution in [-0.4, -0.2) is 63.8 Å². The molecule has 0 bridgehead atoms. The van der Waals surface area contributed by atoms with E-state index in [9.17, 15) is 0 Å². The van der Waals surface area contributed by atoms with E-state index in [-0.39, 0.29) is 11.5 Å². The third kappa shape index (κ3) is 6.53. The third-order valence-electron chi connectivity index (χ3n) is 4.40. The Morgan fingerprint density at radius 3 is 2.64 bits per heavy atom. The number of nitrogens with one attached hydrogen (secondary N) is 2. The highest BCUT2D eigenvalue weighted by atomic mass is 16.5. The van der Waals surface area contributed by atoms with Gasteiger partial charge in [0.25, 0.3) is 0 Å². The van der Waals surface area contributed by atoms with E-state index in [1.165, 1.54) is 32.5 Å². The van der Waals surface area contributed by atoms with Crippen LogP contribution in [-0.2, 0) is 4.74 Å². The second-order valence-corrected chi connectivity index (χ2v) is 7.38. The van der Waals surface area contributed by atoms with E-state index in [4.69, 9.17) is 4.74 Å². The van der Waals surface area contributed by atoms with Crippen molar-refractivity contribution in [2.45, 2.75) is 46.6 Å². The Labute approximate surface area is 136 Å². The van der Waals surface area contributed by atoms with E-state index >= 15 is 0 Å². The van der Waals surface area contributed by atoms with Crippen LogP contribution in [0.25, 0.3) is 0 Å². The number of hydrogen-bond donors (Lipinski definition) is 2. The molecule has 1 saturated heterocycles. The van der Waals surface area contributed by atoms with Crippen molar-refractivity contribution in [2.75, 3.05) is 46.9 Å². The summed E-state index contributed by atoms with van der Waals surface area (Å²) >= 11 is 0. The highest BCUT2D eigenvalue weighted by molar-refractivity contribution is 5.79. The fraction of sp³-hybridized carbons (Fsp3) is 0.941. The van der Waals surface area contributed by atoms with E-state index in [2.05, 4.69) is 48.2 Å². The lowest BCUT2D eigenvalue weighted by Crippen LogP contribution is -2.46. The summed E-state index contributed by atoms with van der Waals surface area (Å²) in [5.41, 5.74) is 0.118. The fourth-order valence-electron chi connectivity index (χ4n) is 2.99. The summed E-state index contributed by atoms with van der Waals surface area (Å²) in [6.07, 6.45) is 2.69. The number of ether oxygens (including phenoxy) is 1. The van der Waals surface area contributed by atoms with Crippen LogP contribution in [0.3, 0.4) is 0 Å². The van der Waals surface area contributed by atoms with Gasteiger partial charge in [-0.05, 0) is 37.3 Å². The summed E-state index contributed by atoms with van der Waals surface area (Å²) in [5, 5.41) is 6.85. The van der Waals surface area contributed by atoms with Crippen LogP contribution in [0.15, 0.2) is 4.99 Å². The quantitative estimate of drug-likeness (QED) is 0.557. The van der Waals surface area contributed by atoms with Crippen LogP contribution in [0.5, 0.6) is 0 Å². The number of guanidine groups is 1. The van der Waals surface area contributed by atoms with Crippen molar-refractivity contribution in [3.05, 3.63) is 0 Å². The lowest BCUT2D eigenvalue weighted by Gasteiger charge is -2.30. The zero-order chi connectivity index (χ0) is 16.6. The SMILES string of the molecule is CCCN1CCC(CNC(=NC)NCC(OC)C(C)(C)C)C1. The Morgan fingerprint density at radius 2 is 2.09 bits per heavy atom. The first kappa shape index (κ1) is 19.2. The molecule has 2 N–H and O–H groups in total. The van der Waals surface area contributed by atoms with Gasteiger partial charge in [-0.3, -0.25) is 4.99 Å². The fourth-order valence-corrected chi connectivity index (χ4v) is 2.99. The van der Waals surface area contributed by atoms with E-state index in [1.807, 2.05) is 7.05 Å². The number of aliphatic imine (C=N–C) groups is 1. The number of nitrogens with zero attached hydrogens (tertiary/aromatic N) is 2. The Bertz CT molecular complexity index is 338. The minimum Gasteiger partial charge on any atom is -0.379 e. The van der Waals surface area contributed by atoms with E-state index in [1.54, 1.807) is 7.11 Å². The number of hydrogen-bond acceptors (Lipinski definition) is 3. The van der Waals surface area contributed by atoms with Crippen LogP contribution in [0.1, 0.15) is 40.5 Å². The van der Waals surface area contributed by atoms with Crippen molar-refractivity contribution in [2.24, 2.45) is 16.3 Å². The first-order valence-corrected chi connectivity index (χ1v) is 8.60. The maximum absolute atomic E-state index is 5.58. The summed E-state index contributed by atoms with van der Waals surface area (Å²) in [6, 6.07) is 0. The molecular weight excluding hydrogens is 276 g/mol. The predicted octanol–water partition coefficient (Wildman–Crippen LogP) is 1.94. The standard InChI is InChI=1S/C17H36N4O/c1-7-9-21-10-8-14(13-21)11-19-16(18-5)20-12-15(22-6)17(2,3)4/h14-15H,7-13H2,1-6H3,(H2,18,19,20). The molecule has 1 fully saturated rings. The molecule has 1 aliphatic rings. The molecule has 130 valence electrons. The van der Waals surface area contributed by atoms with Crippen LogP contribution >= 0.6 is 0 Å². The molecular formula is C17H36N4O. The van der Waals surface area contributed by atoms with Gasteiger partial charge in [0.2, 0.25) is 0 Å². The lowest BCUT2D eigenvalue weighted by molar-refractivity contribution is 0.0205. The Morgan fingerprint density at radius 1 is 1.36 bits per heavy atom. The van der Waals surface area contributed by atoms with Gasteiger partial charge in [-0.1, -0.05) is 27.7 Å². The van der Waals surface area contributed by atoms with Gasteiger partial charge >= 0.3 is 0 Å². The van der Waals surface area contributed by atoms with Gasteiger partial charge in [-0.2, -0.15) is 0 Å². The van der Waals surface area contributed by atoms with Gasteiger partial charge in [-0.15, -0.1) is 0 Å². The molecule has 2 unspecified atom stereocenters. The molecule has 0 amide bonds. The van der Waals surface area contributed by atoms with Crippen molar-refractivity contribution >= 4 is 5.96 Å². The minimum absolute atomic E-state index is 0.118. The van der Waals surface area contributed by atoms with Gasteiger partial charge in [0.05, 0.1) is 6.10 Å². The summed E-state index contributed by atoms with van der Waals surface area (Å²) in [5.74, 6) is 1.60. The molecule has 22 heavy (non-hydrogen) atoms. The highest BCUT2D eigenvalue weighted by Gasteiger charge is 2.25. The minimum atomic E-state index is 0.118. The molecule has 0 aromatic carbocycles. The number of rotatable bonds is 7. The Hall–Kier alpha value is -0.810. The summed E-state index contributed by atoms with van der Waals surface area (Å²) in [6.45, 7) is 14.3. The van der Waals surface area contributed by atoms with Gasteiger partial charge in [0.15, 0.2) is 5.96 Å². The van der Waals surface area contributed by atoms with Crippen molar-refractivity contribution in [3.8, 4) is 0 Å². The number of methoxy groups -OCH3 is 1. The van der Waals surface area contributed by atoms with Crippen molar-refractivity contribution < 1.29 is 4.74 Å². The molecule has 0 radical (unpaired) electrons. The highest BCUT2D eigenvalue weighted by Crippen LogP contribution is 2.21. The van der Waals surface area contributed by atoms with Crippen LogP contribution in [0.2, 0.25) is 0 Å². The zero-order valence-corrected chi connectivity index (χ0v) is 15.4. The number of likely N-dealkylation sites (tertiary alicyclic amines) is 1. The maximum Gasteiger partial charge on any atom is 0.191 e. The smallest absolute Gasteiger partial charge is 0.191 e. The molecule has 1 aliphatic heterocycles. The normalized spacial score (nSPS) is 21.9. The van der Waals surface area contributed by atoms with Crippen LogP contribution < -0.4 is 10.6 Å². The molecule has 5 nitrogen and oxygen atoms in total. The first-order valence-electron chi connectivity index (χ1n) is 8.60. The van der Waals surface area contributed by atoms with Gasteiger partial charge in [-0.25, -0.2) is 0 Å². The molecule has 0 aromatic rings. The molecule has 5 heteroatoms.